The number of ether oxygens (including phenoxy) is 2. The molecule has 170 valence electrons. The summed E-state index contributed by atoms with van der Waals surface area (Å²) in [5.74, 6) is -2.54. The molecule has 1 saturated heterocycles. The zero-order valence-electron chi connectivity index (χ0n) is 17.3. The molecule has 7 nitrogen and oxygen atoms in total. The van der Waals surface area contributed by atoms with Crippen molar-refractivity contribution < 1.29 is 33.0 Å². The van der Waals surface area contributed by atoms with Crippen LogP contribution in [0.25, 0.3) is 5.76 Å². The SMILES string of the molecule is COc1cc(OC)c(/C(O)=C2/C(=O)C(=O)N(c3ccc(F)c(Cl)c3)C2c2ccco2)cc1Cl. The number of hydrogen-bond acceptors (Lipinski definition) is 6. The van der Waals surface area contributed by atoms with Gasteiger partial charge in [0.15, 0.2) is 0 Å². The number of nitrogens with zero attached hydrogens (tertiary/aromatic N) is 1. The third-order valence-corrected chi connectivity index (χ3v) is 5.75. The highest BCUT2D eigenvalue weighted by Gasteiger charge is 2.48. The highest BCUT2D eigenvalue weighted by atomic mass is 35.5. The topological polar surface area (TPSA) is 89.2 Å². The van der Waals surface area contributed by atoms with Crippen LogP contribution in [0.4, 0.5) is 10.1 Å². The minimum atomic E-state index is -1.16. The second-order valence-corrected chi connectivity index (χ2v) is 7.78. The van der Waals surface area contributed by atoms with Gasteiger partial charge in [-0.2, -0.15) is 0 Å². The Hall–Kier alpha value is -3.49. The zero-order chi connectivity index (χ0) is 23.9. The Labute approximate surface area is 197 Å². The van der Waals surface area contributed by atoms with Crippen LogP contribution in [0, 0.1) is 5.82 Å². The number of ketones is 1. The molecule has 1 unspecified atom stereocenters. The van der Waals surface area contributed by atoms with Crippen LogP contribution in [-0.2, 0) is 9.59 Å². The van der Waals surface area contributed by atoms with Crippen molar-refractivity contribution in [2.24, 2.45) is 0 Å². The number of carbonyl (C=O) groups excluding carboxylic acids is 2. The first-order chi connectivity index (χ1) is 15.8. The smallest absolute Gasteiger partial charge is 0.300 e. The molecule has 0 radical (unpaired) electrons. The van der Waals surface area contributed by atoms with Gasteiger partial charge in [-0.1, -0.05) is 23.2 Å². The average molecular weight is 492 g/mol. The fourth-order valence-corrected chi connectivity index (χ4v) is 4.06. The number of halogens is 3. The summed E-state index contributed by atoms with van der Waals surface area (Å²) >= 11 is 12.1. The molecule has 0 spiro atoms. The Morgan fingerprint density at radius 1 is 1.06 bits per heavy atom. The van der Waals surface area contributed by atoms with Crippen LogP contribution in [0.3, 0.4) is 0 Å². The van der Waals surface area contributed by atoms with E-state index in [1.807, 2.05) is 0 Å². The van der Waals surface area contributed by atoms with Gasteiger partial charge in [0.1, 0.15) is 34.9 Å². The molecule has 1 atom stereocenters. The second kappa shape index (κ2) is 8.80. The third-order valence-electron chi connectivity index (χ3n) is 5.17. The highest BCUT2D eigenvalue weighted by molar-refractivity contribution is 6.51. The maximum Gasteiger partial charge on any atom is 0.300 e. The van der Waals surface area contributed by atoms with E-state index >= 15 is 0 Å². The number of hydrogen-bond donors (Lipinski definition) is 1. The van der Waals surface area contributed by atoms with E-state index in [4.69, 9.17) is 37.1 Å². The van der Waals surface area contributed by atoms with E-state index in [1.54, 1.807) is 12.1 Å². The maximum atomic E-state index is 13.7. The Balaban J connectivity index is 1.96. The quantitative estimate of drug-likeness (QED) is 0.293. The molecule has 1 aliphatic rings. The molecule has 1 fully saturated rings. The zero-order valence-corrected chi connectivity index (χ0v) is 18.8. The first-order valence-electron chi connectivity index (χ1n) is 9.49. The summed E-state index contributed by atoms with van der Waals surface area (Å²) in [6, 6.07) is 8.33. The van der Waals surface area contributed by atoms with Crippen molar-refractivity contribution in [2.45, 2.75) is 6.04 Å². The van der Waals surface area contributed by atoms with Gasteiger partial charge in [0.2, 0.25) is 0 Å². The van der Waals surface area contributed by atoms with E-state index in [9.17, 15) is 19.1 Å². The molecule has 4 rings (SSSR count). The molecule has 1 N–H and O–H groups in total. The minimum absolute atomic E-state index is 0.0648. The largest absolute Gasteiger partial charge is 0.507 e. The van der Waals surface area contributed by atoms with Crippen LogP contribution in [0.5, 0.6) is 11.5 Å². The van der Waals surface area contributed by atoms with Gasteiger partial charge in [0.25, 0.3) is 11.7 Å². The van der Waals surface area contributed by atoms with E-state index < -0.39 is 29.3 Å². The monoisotopic (exact) mass is 491 g/mol. The summed E-state index contributed by atoms with van der Waals surface area (Å²) in [4.78, 5) is 27.2. The Morgan fingerprint density at radius 3 is 2.39 bits per heavy atom. The van der Waals surface area contributed by atoms with Crippen LogP contribution in [0.2, 0.25) is 10.0 Å². The number of amides is 1. The summed E-state index contributed by atoms with van der Waals surface area (Å²) < 4.78 is 29.7. The van der Waals surface area contributed by atoms with Crippen LogP contribution < -0.4 is 14.4 Å². The lowest BCUT2D eigenvalue weighted by Crippen LogP contribution is -2.29. The molecule has 0 aliphatic carbocycles. The van der Waals surface area contributed by atoms with Gasteiger partial charge >= 0.3 is 0 Å². The summed E-state index contributed by atoms with van der Waals surface area (Å²) in [5, 5.41) is 11.1. The molecular formula is C23H16Cl2FNO6. The van der Waals surface area contributed by atoms with Crippen molar-refractivity contribution in [1.82, 2.24) is 0 Å². The minimum Gasteiger partial charge on any atom is -0.507 e. The molecule has 1 amide bonds. The molecule has 10 heteroatoms. The van der Waals surface area contributed by atoms with Crippen LogP contribution >= 0.6 is 23.2 Å². The van der Waals surface area contributed by atoms with Crippen molar-refractivity contribution in [1.29, 1.82) is 0 Å². The predicted molar refractivity (Wildman–Crippen MR) is 119 cm³/mol. The number of methoxy groups -OCH3 is 2. The lowest BCUT2D eigenvalue weighted by molar-refractivity contribution is -0.132. The molecule has 0 bridgehead atoms. The molecule has 33 heavy (non-hydrogen) atoms. The van der Waals surface area contributed by atoms with Crippen LogP contribution in [-0.4, -0.2) is 31.0 Å². The fourth-order valence-electron chi connectivity index (χ4n) is 3.64. The number of carbonyl (C=O) groups is 2. The second-order valence-electron chi connectivity index (χ2n) is 6.97. The van der Waals surface area contributed by atoms with Gasteiger partial charge in [0, 0.05) is 11.8 Å². The molecule has 1 aliphatic heterocycles. The van der Waals surface area contributed by atoms with Gasteiger partial charge in [-0.3, -0.25) is 14.5 Å². The first-order valence-corrected chi connectivity index (χ1v) is 10.3. The highest BCUT2D eigenvalue weighted by Crippen LogP contribution is 2.45. The Kier molecular flexibility index (Phi) is 6.05. The fraction of sp³-hybridized carbons (Fsp3) is 0.130. The Morgan fingerprint density at radius 2 is 1.79 bits per heavy atom. The average Bonchev–Trinajstić information content (AvgIpc) is 3.42. The Bertz CT molecular complexity index is 1290. The van der Waals surface area contributed by atoms with Crippen molar-refractivity contribution in [3.8, 4) is 11.5 Å². The van der Waals surface area contributed by atoms with Crippen molar-refractivity contribution in [3.05, 3.63) is 81.5 Å². The number of rotatable bonds is 5. The number of aliphatic hydroxyl groups excluding tert-OH is 1. The number of anilines is 1. The first kappa shape index (κ1) is 22.7. The maximum absolute atomic E-state index is 13.7. The lowest BCUT2D eigenvalue weighted by Gasteiger charge is -2.23. The molecule has 2 aromatic carbocycles. The van der Waals surface area contributed by atoms with E-state index in [2.05, 4.69) is 0 Å². The van der Waals surface area contributed by atoms with Gasteiger partial charge in [-0.05, 0) is 36.4 Å². The van der Waals surface area contributed by atoms with Crippen molar-refractivity contribution >= 4 is 46.3 Å². The van der Waals surface area contributed by atoms with Crippen molar-refractivity contribution in [3.63, 3.8) is 0 Å². The van der Waals surface area contributed by atoms with E-state index in [0.29, 0.717) is 0 Å². The molecule has 2 heterocycles. The van der Waals surface area contributed by atoms with E-state index in [0.717, 1.165) is 11.0 Å². The summed E-state index contributed by atoms with van der Waals surface area (Å²) in [6.45, 7) is 0. The van der Waals surface area contributed by atoms with Gasteiger partial charge in [0.05, 0.1) is 41.7 Å². The van der Waals surface area contributed by atoms with Crippen LogP contribution in [0.1, 0.15) is 17.4 Å². The van der Waals surface area contributed by atoms with Gasteiger partial charge < -0.3 is 19.0 Å². The normalized spacial score (nSPS) is 17.5. The molecule has 1 aromatic heterocycles. The number of benzene rings is 2. The van der Waals surface area contributed by atoms with Gasteiger partial charge in [-0.25, -0.2) is 4.39 Å². The third kappa shape index (κ3) is 3.81. The number of Topliss-reactive ketones (excluding diaryl/α,β-unsaturated/α-hetero) is 1. The van der Waals surface area contributed by atoms with E-state index in [1.165, 1.54) is 44.7 Å². The van der Waals surface area contributed by atoms with E-state index in [-0.39, 0.29) is 44.1 Å². The number of aliphatic hydroxyl groups is 1. The summed E-state index contributed by atoms with van der Waals surface area (Å²) in [6.07, 6.45) is 1.36. The molecule has 3 aromatic rings. The van der Waals surface area contributed by atoms with Crippen molar-refractivity contribution in [2.75, 3.05) is 19.1 Å². The van der Waals surface area contributed by atoms with Gasteiger partial charge in [-0.15, -0.1) is 0 Å². The van der Waals surface area contributed by atoms with Crippen LogP contribution in [0.15, 0.2) is 58.7 Å². The summed E-state index contributed by atoms with van der Waals surface area (Å²) in [5.41, 5.74) is -0.0615. The summed E-state index contributed by atoms with van der Waals surface area (Å²) in [7, 11) is 2.78. The standard InChI is InChI=1S/C23H16Cl2FNO6/c1-31-17-10-18(32-2)14(25)9-12(17)21(28)19-20(16-4-3-7-33-16)27(23(30)22(19)29)11-5-6-15(26)13(24)8-11/h3-10,20,28H,1-2H3/b21-19-. The molecule has 0 saturated carbocycles. The predicted octanol–water partition coefficient (Wildman–Crippen LogP) is 5.37. The number of furan rings is 1. The molecular weight excluding hydrogens is 476 g/mol. The lowest BCUT2D eigenvalue weighted by atomic mass is 9.98.